The predicted octanol–water partition coefficient (Wildman–Crippen LogP) is 4.00. The van der Waals surface area contributed by atoms with Crippen LogP contribution >= 0.6 is 11.6 Å². The normalized spacial score (nSPS) is 21.9. The highest BCUT2D eigenvalue weighted by atomic mass is 35.5. The molecule has 0 radical (unpaired) electrons. The maximum absolute atomic E-state index is 13.5. The number of halogens is 1. The molecule has 1 aromatic carbocycles. The van der Waals surface area contributed by atoms with Crippen LogP contribution < -0.4 is 4.74 Å². The van der Waals surface area contributed by atoms with Crippen LogP contribution in [-0.2, 0) is 17.9 Å². The average molecular weight is 502 g/mol. The second-order valence-corrected chi connectivity index (χ2v) is 10.9. The molecule has 0 saturated carbocycles. The van der Waals surface area contributed by atoms with Gasteiger partial charge in [0.25, 0.3) is 0 Å². The molecule has 2 saturated heterocycles. The van der Waals surface area contributed by atoms with Crippen molar-refractivity contribution in [3.8, 4) is 5.75 Å². The number of benzene rings is 1. The summed E-state index contributed by atoms with van der Waals surface area (Å²) in [5.74, 6) is 1.07. The zero-order valence-corrected chi connectivity index (χ0v) is 22.5. The Kier molecular flexibility index (Phi) is 8.40. The zero-order valence-electron chi connectivity index (χ0n) is 21.7. The van der Waals surface area contributed by atoms with Gasteiger partial charge in [0.05, 0.1) is 12.3 Å². The lowest BCUT2D eigenvalue weighted by atomic mass is 9.77. The average Bonchev–Trinajstić information content (AvgIpc) is 3.19. The fourth-order valence-corrected chi connectivity index (χ4v) is 5.42. The summed E-state index contributed by atoms with van der Waals surface area (Å²) in [5.41, 5.74) is 3.13. The van der Waals surface area contributed by atoms with E-state index in [1.807, 2.05) is 34.7 Å². The number of nitrogens with zero attached hydrogens (tertiary/aromatic N) is 5. The van der Waals surface area contributed by atoms with E-state index in [0.29, 0.717) is 13.0 Å². The molecule has 1 atom stereocenters. The Morgan fingerprint density at radius 1 is 1.17 bits per heavy atom. The fourth-order valence-electron chi connectivity index (χ4n) is 5.31. The minimum atomic E-state index is -0.221. The van der Waals surface area contributed by atoms with Crippen molar-refractivity contribution in [2.75, 3.05) is 52.9 Å². The Bertz CT molecular complexity index is 1020. The topological polar surface area (TPSA) is 53.8 Å². The second kappa shape index (κ2) is 11.3. The Morgan fingerprint density at radius 2 is 1.94 bits per heavy atom. The Labute approximate surface area is 215 Å². The number of ether oxygens (including phenoxy) is 1. The highest BCUT2D eigenvalue weighted by Crippen LogP contribution is 2.36. The molecule has 0 aliphatic carbocycles. The van der Waals surface area contributed by atoms with Gasteiger partial charge in [0.15, 0.2) is 0 Å². The third-order valence-corrected chi connectivity index (χ3v) is 7.99. The van der Waals surface area contributed by atoms with E-state index < -0.39 is 0 Å². The molecule has 2 aliphatic heterocycles. The number of amides is 1. The van der Waals surface area contributed by atoms with Crippen LogP contribution in [0.4, 0.5) is 0 Å². The number of hydrogen-bond acceptors (Lipinski definition) is 5. The molecule has 2 aromatic rings. The number of rotatable bonds is 8. The monoisotopic (exact) mass is 501 g/mol. The molecule has 8 heteroatoms. The lowest BCUT2D eigenvalue weighted by Crippen LogP contribution is -2.52. The van der Waals surface area contributed by atoms with Crippen molar-refractivity contribution in [2.45, 2.75) is 53.1 Å². The molecule has 0 spiro atoms. The Morgan fingerprint density at radius 3 is 2.63 bits per heavy atom. The van der Waals surface area contributed by atoms with Crippen LogP contribution in [0.15, 0.2) is 24.4 Å². The molecule has 0 bridgehead atoms. The molecule has 7 nitrogen and oxygen atoms in total. The van der Waals surface area contributed by atoms with Crippen molar-refractivity contribution in [3.63, 3.8) is 0 Å². The van der Waals surface area contributed by atoms with E-state index in [1.165, 1.54) is 5.56 Å². The predicted molar refractivity (Wildman–Crippen MR) is 140 cm³/mol. The number of piperidine rings is 1. The van der Waals surface area contributed by atoms with Gasteiger partial charge in [-0.05, 0) is 71.0 Å². The Hall–Kier alpha value is -2.09. The molecule has 1 aromatic heterocycles. The molecule has 0 unspecified atom stereocenters. The number of likely N-dealkylation sites (N-methyl/N-ethyl adjacent to an activating group) is 1. The second-order valence-electron chi connectivity index (χ2n) is 10.5. The van der Waals surface area contributed by atoms with Crippen LogP contribution in [0.3, 0.4) is 0 Å². The van der Waals surface area contributed by atoms with Crippen molar-refractivity contribution in [1.82, 2.24) is 24.5 Å². The SMILES string of the molecule is CCn1cc(CN2CCC[C@](COc3ccc(Cl)c(C)c3)(CC(=O)N3CCN(C)CC3)C2)c(C)n1. The summed E-state index contributed by atoms with van der Waals surface area (Å²) >= 11 is 6.22. The van der Waals surface area contributed by atoms with Crippen LogP contribution in [0.2, 0.25) is 5.02 Å². The molecule has 2 fully saturated rings. The molecule has 1 amide bonds. The highest BCUT2D eigenvalue weighted by molar-refractivity contribution is 6.31. The number of piperazine rings is 1. The highest BCUT2D eigenvalue weighted by Gasteiger charge is 2.40. The maximum Gasteiger partial charge on any atom is 0.223 e. The molecule has 2 aliphatic rings. The van der Waals surface area contributed by atoms with Crippen LogP contribution in [0.1, 0.15) is 43.0 Å². The quantitative estimate of drug-likeness (QED) is 0.547. The van der Waals surface area contributed by atoms with Gasteiger partial charge in [0.1, 0.15) is 5.75 Å². The van der Waals surface area contributed by atoms with Gasteiger partial charge in [-0.2, -0.15) is 5.10 Å². The van der Waals surface area contributed by atoms with Crippen LogP contribution in [-0.4, -0.2) is 83.3 Å². The first kappa shape index (κ1) is 26.0. The molecular formula is C27H40ClN5O2. The molecule has 0 N–H and O–H groups in total. The summed E-state index contributed by atoms with van der Waals surface area (Å²) in [6, 6.07) is 5.80. The van der Waals surface area contributed by atoms with Gasteiger partial charge in [0.2, 0.25) is 5.91 Å². The first-order chi connectivity index (χ1) is 16.8. The summed E-state index contributed by atoms with van der Waals surface area (Å²) in [4.78, 5) is 20.3. The number of aryl methyl sites for hydroxylation is 3. The standard InChI is InChI=1S/C27H40ClN5O2/c1-5-33-18-23(22(3)29-33)17-31-10-6-9-27(19-31,16-26(34)32-13-11-30(4)12-14-32)20-35-24-7-8-25(28)21(2)15-24/h7-8,15,18H,5-6,9-14,16-17,19-20H2,1-4H3/t27-/m0/s1. The van der Waals surface area contributed by atoms with Gasteiger partial charge in [-0.1, -0.05) is 11.6 Å². The van der Waals surface area contributed by atoms with Crippen LogP contribution in [0, 0.1) is 19.3 Å². The third-order valence-electron chi connectivity index (χ3n) is 7.56. The van der Waals surface area contributed by atoms with Gasteiger partial charge in [-0.3, -0.25) is 14.4 Å². The van der Waals surface area contributed by atoms with Crippen molar-refractivity contribution in [1.29, 1.82) is 0 Å². The Balaban J connectivity index is 1.50. The lowest BCUT2D eigenvalue weighted by molar-refractivity contribution is -0.137. The molecule has 192 valence electrons. The lowest BCUT2D eigenvalue weighted by Gasteiger charge is -2.43. The van der Waals surface area contributed by atoms with Crippen molar-refractivity contribution in [3.05, 3.63) is 46.2 Å². The van der Waals surface area contributed by atoms with E-state index in [-0.39, 0.29) is 11.3 Å². The fraction of sp³-hybridized carbons (Fsp3) is 0.630. The minimum Gasteiger partial charge on any atom is -0.493 e. The molecule has 35 heavy (non-hydrogen) atoms. The summed E-state index contributed by atoms with van der Waals surface area (Å²) in [6.07, 6.45) is 4.73. The van der Waals surface area contributed by atoms with Gasteiger partial charge >= 0.3 is 0 Å². The van der Waals surface area contributed by atoms with Gasteiger partial charge in [0, 0.05) is 74.4 Å². The van der Waals surface area contributed by atoms with Crippen LogP contribution in [0.5, 0.6) is 5.75 Å². The van der Waals surface area contributed by atoms with E-state index in [0.717, 1.165) is 87.2 Å². The van der Waals surface area contributed by atoms with Crippen LogP contribution in [0.25, 0.3) is 0 Å². The number of carbonyl (C=O) groups excluding carboxylic acids is 1. The smallest absolute Gasteiger partial charge is 0.223 e. The maximum atomic E-state index is 13.5. The number of hydrogen-bond donors (Lipinski definition) is 0. The first-order valence-corrected chi connectivity index (χ1v) is 13.3. The summed E-state index contributed by atoms with van der Waals surface area (Å²) in [6.45, 7) is 13.8. The zero-order chi connectivity index (χ0) is 25.0. The molecule has 3 heterocycles. The summed E-state index contributed by atoms with van der Waals surface area (Å²) < 4.78 is 8.36. The number of aromatic nitrogens is 2. The van der Waals surface area contributed by atoms with E-state index >= 15 is 0 Å². The van der Waals surface area contributed by atoms with Gasteiger partial charge < -0.3 is 14.5 Å². The molecular weight excluding hydrogens is 462 g/mol. The molecule has 4 rings (SSSR count). The van der Waals surface area contributed by atoms with Gasteiger partial charge in [-0.15, -0.1) is 0 Å². The van der Waals surface area contributed by atoms with Crippen molar-refractivity contribution >= 4 is 17.5 Å². The number of carbonyl (C=O) groups is 1. The van der Waals surface area contributed by atoms with Crippen molar-refractivity contribution in [2.24, 2.45) is 5.41 Å². The number of likely N-dealkylation sites (tertiary alicyclic amines) is 1. The third kappa shape index (κ3) is 6.57. The van der Waals surface area contributed by atoms with E-state index in [1.54, 1.807) is 0 Å². The first-order valence-electron chi connectivity index (χ1n) is 12.9. The van der Waals surface area contributed by atoms with Gasteiger partial charge in [-0.25, -0.2) is 0 Å². The summed E-state index contributed by atoms with van der Waals surface area (Å²) in [7, 11) is 2.12. The van der Waals surface area contributed by atoms with E-state index in [9.17, 15) is 4.79 Å². The van der Waals surface area contributed by atoms with E-state index in [4.69, 9.17) is 16.3 Å². The summed E-state index contributed by atoms with van der Waals surface area (Å²) in [5, 5.41) is 5.37. The van der Waals surface area contributed by atoms with Crippen molar-refractivity contribution < 1.29 is 9.53 Å². The minimum absolute atomic E-state index is 0.221. The largest absolute Gasteiger partial charge is 0.493 e. The van der Waals surface area contributed by atoms with E-state index in [2.05, 4.69) is 42.0 Å².